The Labute approximate surface area is 78.6 Å². The fraction of sp³-hybridized carbons (Fsp3) is 1.00. The third-order valence-electron chi connectivity index (χ3n) is 0.932. The van der Waals surface area contributed by atoms with Crippen LogP contribution in [0.1, 0.15) is 0 Å². The van der Waals surface area contributed by atoms with Gasteiger partial charge in [-0.2, -0.15) is 0 Å². The maximum atomic E-state index is 8.52. The molecule has 0 saturated heterocycles. The van der Waals surface area contributed by atoms with Crippen molar-refractivity contribution in [3.05, 3.63) is 0 Å². The summed E-state index contributed by atoms with van der Waals surface area (Å²) in [7, 11) is 0. The summed E-state index contributed by atoms with van der Waals surface area (Å²) < 4.78 is -3.46. The Morgan fingerprint density at radius 1 is 0.800 bits per heavy atom. The maximum Gasteiger partial charge on any atom is 0.176 e. The molecule has 0 bridgehead atoms. The molecule has 0 unspecified atom stereocenters. The summed E-state index contributed by atoms with van der Waals surface area (Å²) in [6.07, 6.45) is 0. The van der Waals surface area contributed by atoms with E-state index in [1.54, 1.807) is 0 Å². The number of hydrogen-bond donors (Lipinski definition) is 2. The van der Waals surface area contributed by atoms with Crippen LogP contribution in [0, 0.1) is 0 Å². The van der Waals surface area contributed by atoms with Crippen LogP contribution in [-0.4, -0.2) is 32.1 Å². The first-order valence-corrected chi connectivity index (χ1v) is 3.86. The van der Waals surface area contributed by atoms with Gasteiger partial charge in [0.2, 0.25) is 0 Å². The Kier molecular flexibility index (Phi) is 4.05. The van der Waals surface area contributed by atoms with Crippen LogP contribution < -0.4 is 0 Å². The van der Waals surface area contributed by atoms with Gasteiger partial charge in [0.1, 0.15) is 0 Å². The third-order valence-corrected chi connectivity index (χ3v) is 3.09. The van der Waals surface area contributed by atoms with Gasteiger partial charge in [0.15, 0.2) is 8.67 Å². The van der Waals surface area contributed by atoms with Gasteiger partial charge >= 0.3 is 0 Å². The lowest BCUT2D eigenvalue weighted by atomic mass is 10.3. The Morgan fingerprint density at radius 3 is 1.10 bits per heavy atom. The van der Waals surface area contributed by atoms with Crippen LogP contribution in [0.15, 0.2) is 0 Å². The molecule has 0 atom stereocenters. The third kappa shape index (κ3) is 2.29. The summed E-state index contributed by atoms with van der Waals surface area (Å²) in [5.41, 5.74) is 0. The van der Waals surface area contributed by atoms with Crippen molar-refractivity contribution in [2.75, 3.05) is 13.2 Å². The maximum absolute atomic E-state index is 8.52. The van der Waals surface area contributed by atoms with Crippen LogP contribution in [0.5, 0.6) is 0 Å². The molecule has 10 heavy (non-hydrogen) atoms. The van der Waals surface area contributed by atoms with Crippen molar-refractivity contribution in [2.45, 2.75) is 8.67 Å². The predicted molar refractivity (Wildman–Crippen MR) is 43.0 cm³/mol. The van der Waals surface area contributed by atoms with Gasteiger partial charge in [-0.05, 0) is 0 Å². The summed E-state index contributed by atoms with van der Waals surface area (Å²) in [6, 6.07) is 0. The molecular weight excluding hydrogens is 222 g/mol. The fourth-order valence-corrected chi connectivity index (χ4v) is 0.470. The molecular formula is C4H6Cl4O2. The first kappa shape index (κ1) is 11.1. The van der Waals surface area contributed by atoms with Crippen molar-refractivity contribution in [3.8, 4) is 0 Å². The second-order valence-corrected chi connectivity index (χ2v) is 4.69. The summed E-state index contributed by atoms with van der Waals surface area (Å²) in [5, 5.41) is 17.0. The van der Waals surface area contributed by atoms with E-state index < -0.39 is 21.9 Å². The highest BCUT2D eigenvalue weighted by Crippen LogP contribution is 2.41. The van der Waals surface area contributed by atoms with E-state index in [1.807, 2.05) is 0 Å². The SMILES string of the molecule is OCC(Cl)(Cl)C(Cl)(Cl)CO. The van der Waals surface area contributed by atoms with Gasteiger partial charge < -0.3 is 10.2 Å². The molecule has 0 saturated carbocycles. The predicted octanol–water partition coefficient (Wildman–Crippen LogP) is 1.32. The molecule has 0 fully saturated rings. The van der Waals surface area contributed by atoms with Gasteiger partial charge in [0.25, 0.3) is 0 Å². The quantitative estimate of drug-likeness (QED) is 0.715. The Hall–Kier alpha value is 1.08. The van der Waals surface area contributed by atoms with Gasteiger partial charge in [0.05, 0.1) is 13.2 Å². The molecule has 0 spiro atoms. The van der Waals surface area contributed by atoms with Gasteiger partial charge in [0, 0.05) is 0 Å². The topological polar surface area (TPSA) is 40.5 Å². The molecule has 0 rings (SSSR count). The Bertz CT molecular complexity index is 99.8. The molecule has 2 N–H and O–H groups in total. The lowest BCUT2D eigenvalue weighted by Crippen LogP contribution is -2.42. The fourth-order valence-electron chi connectivity index (χ4n) is 0.231. The van der Waals surface area contributed by atoms with Gasteiger partial charge in [-0.25, -0.2) is 0 Å². The lowest BCUT2D eigenvalue weighted by molar-refractivity contribution is 0.223. The number of hydrogen-bond acceptors (Lipinski definition) is 2. The zero-order valence-electron chi connectivity index (χ0n) is 4.82. The van der Waals surface area contributed by atoms with E-state index >= 15 is 0 Å². The van der Waals surface area contributed by atoms with Crippen LogP contribution in [0.2, 0.25) is 0 Å². The summed E-state index contributed by atoms with van der Waals surface area (Å²) >= 11 is 21.6. The van der Waals surface area contributed by atoms with Crippen molar-refractivity contribution in [1.29, 1.82) is 0 Å². The van der Waals surface area contributed by atoms with Gasteiger partial charge in [-0.1, -0.05) is 46.4 Å². The van der Waals surface area contributed by atoms with E-state index in [-0.39, 0.29) is 0 Å². The molecule has 0 radical (unpaired) electrons. The van der Waals surface area contributed by atoms with E-state index in [4.69, 9.17) is 56.6 Å². The molecule has 2 nitrogen and oxygen atoms in total. The smallest absolute Gasteiger partial charge is 0.176 e. The number of aliphatic hydroxyl groups excluding tert-OH is 2. The highest BCUT2D eigenvalue weighted by molar-refractivity contribution is 6.62. The van der Waals surface area contributed by atoms with Crippen LogP contribution in [0.3, 0.4) is 0 Å². The van der Waals surface area contributed by atoms with Gasteiger partial charge in [-0.3, -0.25) is 0 Å². The van der Waals surface area contributed by atoms with Crippen LogP contribution in [-0.2, 0) is 0 Å². The minimum atomic E-state index is -1.73. The van der Waals surface area contributed by atoms with Crippen molar-refractivity contribution in [1.82, 2.24) is 0 Å². The number of aliphatic hydroxyl groups is 2. The molecule has 0 amide bonds. The van der Waals surface area contributed by atoms with E-state index in [1.165, 1.54) is 0 Å². The van der Waals surface area contributed by atoms with Crippen molar-refractivity contribution >= 4 is 46.4 Å². The number of halogens is 4. The molecule has 0 aliphatic carbocycles. The van der Waals surface area contributed by atoms with E-state index in [2.05, 4.69) is 0 Å². The minimum absolute atomic E-state index is 0.621. The summed E-state index contributed by atoms with van der Waals surface area (Å²) in [5.74, 6) is 0. The molecule has 0 aromatic rings. The van der Waals surface area contributed by atoms with E-state index in [9.17, 15) is 0 Å². The minimum Gasteiger partial charge on any atom is -0.393 e. The molecule has 0 aliphatic rings. The highest BCUT2D eigenvalue weighted by Gasteiger charge is 2.46. The monoisotopic (exact) mass is 226 g/mol. The highest BCUT2D eigenvalue weighted by atomic mass is 35.5. The average Bonchev–Trinajstić information content (AvgIpc) is 1.88. The second kappa shape index (κ2) is 3.65. The first-order valence-electron chi connectivity index (χ1n) is 2.35. The Balaban J connectivity index is 4.28. The normalized spacial score (nSPS) is 13.8. The zero-order valence-corrected chi connectivity index (χ0v) is 7.84. The van der Waals surface area contributed by atoms with Crippen molar-refractivity contribution in [2.24, 2.45) is 0 Å². The van der Waals surface area contributed by atoms with Gasteiger partial charge in [-0.15, -0.1) is 0 Å². The largest absolute Gasteiger partial charge is 0.393 e. The van der Waals surface area contributed by atoms with E-state index in [0.29, 0.717) is 0 Å². The zero-order chi connectivity index (χ0) is 8.41. The van der Waals surface area contributed by atoms with E-state index in [0.717, 1.165) is 0 Å². The lowest BCUT2D eigenvalue weighted by Gasteiger charge is -2.28. The van der Waals surface area contributed by atoms with Crippen molar-refractivity contribution < 1.29 is 10.2 Å². The molecule has 6 heteroatoms. The van der Waals surface area contributed by atoms with Crippen LogP contribution >= 0.6 is 46.4 Å². The Morgan fingerprint density at radius 2 is 1.00 bits per heavy atom. The van der Waals surface area contributed by atoms with Crippen LogP contribution in [0.4, 0.5) is 0 Å². The molecule has 0 aliphatic heterocycles. The second-order valence-electron chi connectivity index (χ2n) is 1.73. The molecule has 0 aromatic carbocycles. The van der Waals surface area contributed by atoms with Crippen molar-refractivity contribution in [3.63, 3.8) is 0 Å². The average molecular weight is 228 g/mol. The van der Waals surface area contributed by atoms with Crippen LogP contribution in [0.25, 0.3) is 0 Å². The number of alkyl halides is 4. The molecule has 62 valence electrons. The molecule has 0 aromatic heterocycles. The standard InChI is InChI=1S/C4H6Cl4O2/c5-3(6,1-9)4(7,8)2-10/h9-10H,1-2H2. The summed E-state index contributed by atoms with van der Waals surface area (Å²) in [4.78, 5) is 0. The first-order chi connectivity index (χ1) is 4.37. The molecule has 0 heterocycles. The summed E-state index contributed by atoms with van der Waals surface area (Å²) in [6.45, 7) is -1.24. The number of rotatable bonds is 3.